The Morgan fingerprint density at radius 3 is 2.93 bits per heavy atom. The molecule has 1 aromatic rings. The van der Waals surface area contributed by atoms with Crippen LogP contribution in [0.2, 0.25) is 0 Å². The predicted molar refractivity (Wildman–Crippen MR) is 56.8 cm³/mol. The van der Waals surface area contributed by atoms with E-state index in [9.17, 15) is 0 Å². The maximum absolute atomic E-state index is 5.76. The first-order chi connectivity index (χ1) is 6.79. The third-order valence-electron chi connectivity index (χ3n) is 3.38. The molecule has 2 atom stereocenters. The molecule has 1 aliphatic carbocycles. The largest absolute Gasteiger partial charge is 0.330 e. The van der Waals surface area contributed by atoms with Crippen LogP contribution in [0.4, 0.5) is 0 Å². The molecular formula is C11H19N3. The van der Waals surface area contributed by atoms with Crippen LogP contribution in [0.25, 0.3) is 0 Å². The smallest absolute Gasteiger partial charge is 0.0521 e. The van der Waals surface area contributed by atoms with Crippen molar-refractivity contribution in [3.8, 4) is 0 Å². The van der Waals surface area contributed by atoms with Gasteiger partial charge in [0.1, 0.15) is 0 Å². The molecule has 78 valence electrons. The van der Waals surface area contributed by atoms with Crippen molar-refractivity contribution in [2.75, 3.05) is 6.54 Å². The Labute approximate surface area is 85.3 Å². The van der Waals surface area contributed by atoms with Gasteiger partial charge >= 0.3 is 0 Å². The van der Waals surface area contributed by atoms with E-state index in [0.717, 1.165) is 24.8 Å². The molecule has 0 amide bonds. The first-order valence-corrected chi connectivity index (χ1v) is 5.47. The zero-order valence-corrected chi connectivity index (χ0v) is 8.82. The number of nitrogens with zero attached hydrogens (tertiary/aromatic N) is 2. The summed E-state index contributed by atoms with van der Waals surface area (Å²) in [6.45, 7) is 0.852. The number of aromatic nitrogens is 2. The van der Waals surface area contributed by atoms with Gasteiger partial charge in [-0.1, -0.05) is 6.42 Å². The minimum atomic E-state index is 0.746. The van der Waals surface area contributed by atoms with E-state index in [1.165, 1.54) is 24.8 Å². The molecule has 1 aromatic heterocycles. The first-order valence-electron chi connectivity index (χ1n) is 5.47. The van der Waals surface area contributed by atoms with Crippen molar-refractivity contribution in [2.24, 2.45) is 24.6 Å². The van der Waals surface area contributed by atoms with Crippen molar-refractivity contribution in [3.05, 3.63) is 18.0 Å². The highest BCUT2D eigenvalue weighted by Gasteiger charge is 2.26. The summed E-state index contributed by atoms with van der Waals surface area (Å²) in [5.74, 6) is 1.54. The normalized spacial score (nSPS) is 27.0. The van der Waals surface area contributed by atoms with Crippen LogP contribution in [0.5, 0.6) is 0 Å². The number of hydrogen-bond donors (Lipinski definition) is 1. The van der Waals surface area contributed by atoms with Crippen LogP contribution >= 0.6 is 0 Å². The number of rotatable bonds is 3. The van der Waals surface area contributed by atoms with Crippen LogP contribution in [0, 0.1) is 11.8 Å². The van der Waals surface area contributed by atoms with Crippen LogP contribution in [-0.4, -0.2) is 16.3 Å². The summed E-state index contributed by atoms with van der Waals surface area (Å²) in [5.41, 5.74) is 7.12. The lowest BCUT2D eigenvalue weighted by Crippen LogP contribution is -2.19. The molecule has 0 aromatic carbocycles. The van der Waals surface area contributed by atoms with E-state index in [4.69, 9.17) is 5.73 Å². The van der Waals surface area contributed by atoms with E-state index in [0.29, 0.717) is 0 Å². The topological polar surface area (TPSA) is 43.8 Å². The second-order valence-corrected chi connectivity index (χ2v) is 4.41. The molecule has 1 fully saturated rings. The number of aryl methyl sites for hydroxylation is 1. The number of hydrogen-bond acceptors (Lipinski definition) is 2. The summed E-state index contributed by atoms with van der Waals surface area (Å²) in [6.07, 6.45) is 9.28. The lowest BCUT2D eigenvalue weighted by molar-refractivity contribution is 0.394. The van der Waals surface area contributed by atoms with Gasteiger partial charge in [0.2, 0.25) is 0 Å². The minimum absolute atomic E-state index is 0.746. The monoisotopic (exact) mass is 193 g/mol. The molecule has 0 aliphatic heterocycles. The van der Waals surface area contributed by atoms with Gasteiger partial charge in [-0.25, -0.2) is 0 Å². The summed E-state index contributed by atoms with van der Waals surface area (Å²) in [7, 11) is 1.97. The highest BCUT2D eigenvalue weighted by atomic mass is 15.2. The second kappa shape index (κ2) is 4.13. The van der Waals surface area contributed by atoms with Gasteiger partial charge in [-0.05, 0) is 43.2 Å². The van der Waals surface area contributed by atoms with Crippen molar-refractivity contribution in [2.45, 2.75) is 25.7 Å². The summed E-state index contributed by atoms with van der Waals surface area (Å²) < 4.78 is 1.88. The molecule has 0 spiro atoms. The van der Waals surface area contributed by atoms with Crippen molar-refractivity contribution in [1.29, 1.82) is 0 Å². The van der Waals surface area contributed by atoms with E-state index in [1.807, 2.05) is 17.9 Å². The molecule has 1 saturated carbocycles. The van der Waals surface area contributed by atoms with Crippen LogP contribution < -0.4 is 5.73 Å². The molecule has 3 heteroatoms. The van der Waals surface area contributed by atoms with Crippen molar-refractivity contribution in [1.82, 2.24) is 9.78 Å². The average molecular weight is 193 g/mol. The fourth-order valence-electron chi connectivity index (χ4n) is 2.57. The summed E-state index contributed by atoms with van der Waals surface area (Å²) in [6, 6.07) is 0. The molecule has 1 aliphatic rings. The zero-order valence-electron chi connectivity index (χ0n) is 8.82. The standard InChI is InChI=1S/C11H19N3/c1-14-8-9(7-13-14)5-10-3-2-4-11(10)6-12/h7-8,10-11H,2-6,12H2,1H3. The molecular weight excluding hydrogens is 174 g/mol. The van der Waals surface area contributed by atoms with Gasteiger partial charge in [-0.2, -0.15) is 5.10 Å². The van der Waals surface area contributed by atoms with Gasteiger partial charge in [0.15, 0.2) is 0 Å². The molecule has 2 N–H and O–H groups in total. The second-order valence-electron chi connectivity index (χ2n) is 4.41. The van der Waals surface area contributed by atoms with E-state index in [2.05, 4.69) is 11.3 Å². The van der Waals surface area contributed by atoms with E-state index >= 15 is 0 Å². The molecule has 2 rings (SSSR count). The van der Waals surface area contributed by atoms with Crippen molar-refractivity contribution < 1.29 is 0 Å². The molecule has 1 heterocycles. The highest BCUT2D eigenvalue weighted by Crippen LogP contribution is 2.33. The average Bonchev–Trinajstić information content (AvgIpc) is 2.76. The predicted octanol–water partition coefficient (Wildman–Crippen LogP) is 1.34. The Balaban J connectivity index is 1.96. The van der Waals surface area contributed by atoms with Crippen molar-refractivity contribution in [3.63, 3.8) is 0 Å². The van der Waals surface area contributed by atoms with Gasteiger partial charge in [0.05, 0.1) is 6.20 Å². The molecule has 14 heavy (non-hydrogen) atoms. The highest BCUT2D eigenvalue weighted by molar-refractivity contribution is 5.05. The minimum Gasteiger partial charge on any atom is -0.330 e. The van der Waals surface area contributed by atoms with Gasteiger partial charge in [-0.15, -0.1) is 0 Å². The lowest BCUT2D eigenvalue weighted by Gasteiger charge is -2.16. The van der Waals surface area contributed by atoms with Gasteiger partial charge in [0.25, 0.3) is 0 Å². The molecule has 0 radical (unpaired) electrons. The van der Waals surface area contributed by atoms with Gasteiger partial charge in [-0.3, -0.25) is 4.68 Å². The fourth-order valence-corrected chi connectivity index (χ4v) is 2.57. The quantitative estimate of drug-likeness (QED) is 0.787. The third kappa shape index (κ3) is 1.98. The van der Waals surface area contributed by atoms with E-state index < -0.39 is 0 Å². The summed E-state index contributed by atoms with van der Waals surface area (Å²) in [5, 5.41) is 4.19. The van der Waals surface area contributed by atoms with Crippen LogP contribution in [0.15, 0.2) is 12.4 Å². The number of nitrogens with two attached hydrogens (primary N) is 1. The van der Waals surface area contributed by atoms with Gasteiger partial charge < -0.3 is 5.73 Å². The van der Waals surface area contributed by atoms with Gasteiger partial charge in [0, 0.05) is 13.2 Å². The Morgan fingerprint density at radius 2 is 2.29 bits per heavy atom. The Bertz CT molecular complexity index is 292. The Hall–Kier alpha value is -0.830. The lowest BCUT2D eigenvalue weighted by atomic mass is 9.91. The van der Waals surface area contributed by atoms with Crippen LogP contribution in [0.3, 0.4) is 0 Å². The summed E-state index contributed by atoms with van der Waals surface area (Å²) >= 11 is 0. The molecule has 3 nitrogen and oxygen atoms in total. The summed E-state index contributed by atoms with van der Waals surface area (Å²) in [4.78, 5) is 0. The van der Waals surface area contributed by atoms with E-state index in [-0.39, 0.29) is 0 Å². The molecule has 2 unspecified atom stereocenters. The Morgan fingerprint density at radius 1 is 1.50 bits per heavy atom. The maximum Gasteiger partial charge on any atom is 0.0521 e. The zero-order chi connectivity index (χ0) is 9.97. The SMILES string of the molecule is Cn1cc(CC2CCCC2CN)cn1. The van der Waals surface area contributed by atoms with Crippen molar-refractivity contribution >= 4 is 0 Å². The van der Waals surface area contributed by atoms with Crippen LogP contribution in [-0.2, 0) is 13.5 Å². The third-order valence-corrected chi connectivity index (χ3v) is 3.38. The van der Waals surface area contributed by atoms with Crippen LogP contribution in [0.1, 0.15) is 24.8 Å². The fraction of sp³-hybridized carbons (Fsp3) is 0.727. The Kier molecular flexibility index (Phi) is 2.87. The maximum atomic E-state index is 5.76. The van der Waals surface area contributed by atoms with E-state index in [1.54, 1.807) is 0 Å². The molecule has 0 saturated heterocycles. The molecule has 0 bridgehead atoms. The first kappa shape index (κ1) is 9.71.